The highest BCUT2D eigenvalue weighted by Gasteiger charge is 2.17. The van der Waals surface area contributed by atoms with Crippen LogP contribution in [0.3, 0.4) is 0 Å². The lowest BCUT2D eigenvalue weighted by Gasteiger charge is -2.22. The Morgan fingerprint density at radius 3 is 2.63 bits per heavy atom. The number of hydrogen-bond acceptors (Lipinski definition) is 3. The molecule has 1 aliphatic rings. The molecule has 2 aromatic carbocycles. The molecule has 1 aromatic heterocycles. The van der Waals surface area contributed by atoms with Gasteiger partial charge in [0.25, 0.3) is 0 Å². The molecule has 1 atom stereocenters. The molecule has 0 radical (unpaired) electrons. The molecule has 1 amide bonds. The van der Waals surface area contributed by atoms with Crippen LogP contribution in [0.15, 0.2) is 60.8 Å². The number of halogens is 2. The molecule has 1 fully saturated rings. The van der Waals surface area contributed by atoms with E-state index in [0.717, 1.165) is 42.7 Å². The number of carbonyl (C=O) groups is 1. The van der Waals surface area contributed by atoms with Crippen molar-refractivity contribution in [2.75, 3.05) is 19.6 Å². The largest absolute Gasteiger partial charge is 0.355 e. The van der Waals surface area contributed by atoms with Crippen LogP contribution < -0.4 is 10.6 Å². The maximum atomic E-state index is 13.4. The van der Waals surface area contributed by atoms with Crippen molar-refractivity contribution in [3.63, 3.8) is 0 Å². The van der Waals surface area contributed by atoms with Gasteiger partial charge in [-0.2, -0.15) is 5.10 Å². The molecule has 30 heavy (non-hydrogen) atoms. The SMILES string of the molecule is Cl.O=C(Cc1cn(-c2ccccc2)nc1-c1ccc(F)cc1)NCC1CCCNC1. The maximum absolute atomic E-state index is 13.4. The number of nitrogens with zero attached hydrogens (tertiary/aromatic N) is 2. The first-order chi connectivity index (χ1) is 14.2. The van der Waals surface area contributed by atoms with Gasteiger partial charge in [-0.1, -0.05) is 18.2 Å². The van der Waals surface area contributed by atoms with Gasteiger partial charge in [0.05, 0.1) is 17.8 Å². The monoisotopic (exact) mass is 428 g/mol. The Bertz CT molecular complexity index is 953. The Kier molecular flexibility index (Phi) is 7.60. The number of hydrogen-bond donors (Lipinski definition) is 2. The first kappa shape index (κ1) is 22.0. The summed E-state index contributed by atoms with van der Waals surface area (Å²) in [6, 6.07) is 16.0. The second kappa shape index (κ2) is 10.4. The molecule has 4 rings (SSSR count). The van der Waals surface area contributed by atoms with Gasteiger partial charge in [0.1, 0.15) is 5.82 Å². The second-order valence-corrected chi connectivity index (χ2v) is 7.48. The van der Waals surface area contributed by atoms with E-state index in [1.165, 1.54) is 12.1 Å². The van der Waals surface area contributed by atoms with Crippen LogP contribution in [-0.2, 0) is 11.2 Å². The molecule has 1 saturated heterocycles. The van der Waals surface area contributed by atoms with Gasteiger partial charge >= 0.3 is 0 Å². The molecule has 5 nitrogen and oxygen atoms in total. The predicted molar refractivity (Wildman–Crippen MR) is 119 cm³/mol. The zero-order valence-corrected chi connectivity index (χ0v) is 17.5. The van der Waals surface area contributed by atoms with E-state index in [-0.39, 0.29) is 30.6 Å². The lowest BCUT2D eigenvalue weighted by molar-refractivity contribution is -0.120. The molecule has 0 spiro atoms. The third kappa shape index (κ3) is 5.46. The van der Waals surface area contributed by atoms with Crippen LogP contribution in [0.5, 0.6) is 0 Å². The Morgan fingerprint density at radius 1 is 1.17 bits per heavy atom. The highest BCUT2D eigenvalue weighted by atomic mass is 35.5. The Hall–Kier alpha value is -2.70. The highest BCUT2D eigenvalue weighted by molar-refractivity contribution is 5.85. The fourth-order valence-corrected chi connectivity index (χ4v) is 3.69. The van der Waals surface area contributed by atoms with Crippen molar-refractivity contribution in [2.24, 2.45) is 5.92 Å². The van der Waals surface area contributed by atoms with Crippen molar-refractivity contribution in [3.8, 4) is 16.9 Å². The first-order valence-electron chi connectivity index (χ1n) is 10.1. The molecule has 0 saturated carbocycles. The number of benzene rings is 2. The van der Waals surface area contributed by atoms with Crippen molar-refractivity contribution in [2.45, 2.75) is 19.3 Å². The van der Waals surface area contributed by atoms with Crippen LogP contribution in [0.2, 0.25) is 0 Å². The van der Waals surface area contributed by atoms with Gasteiger partial charge in [0, 0.05) is 23.9 Å². The van der Waals surface area contributed by atoms with Crippen LogP contribution in [0.25, 0.3) is 16.9 Å². The molecule has 2 N–H and O–H groups in total. The average molecular weight is 429 g/mol. The summed E-state index contributed by atoms with van der Waals surface area (Å²) in [5.41, 5.74) is 3.22. The summed E-state index contributed by atoms with van der Waals surface area (Å²) in [6.45, 7) is 2.70. The van der Waals surface area contributed by atoms with Gasteiger partial charge in [0.15, 0.2) is 0 Å². The highest BCUT2D eigenvalue weighted by Crippen LogP contribution is 2.24. The summed E-state index contributed by atoms with van der Waals surface area (Å²) in [7, 11) is 0. The number of amides is 1. The fraction of sp³-hybridized carbons (Fsp3) is 0.304. The minimum absolute atomic E-state index is 0. The van der Waals surface area contributed by atoms with Crippen LogP contribution in [0, 0.1) is 11.7 Å². The molecule has 2 heterocycles. The summed E-state index contributed by atoms with van der Waals surface area (Å²) in [5, 5.41) is 11.1. The zero-order valence-electron chi connectivity index (χ0n) is 16.7. The molecule has 1 unspecified atom stereocenters. The summed E-state index contributed by atoms with van der Waals surface area (Å²) in [4.78, 5) is 12.6. The predicted octanol–water partition coefficient (Wildman–Crippen LogP) is 3.76. The first-order valence-corrected chi connectivity index (χ1v) is 10.1. The van der Waals surface area contributed by atoms with Crippen molar-refractivity contribution >= 4 is 18.3 Å². The molecule has 0 bridgehead atoms. The Labute approximate surface area is 182 Å². The Morgan fingerprint density at radius 2 is 1.93 bits per heavy atom. The van der Waals surface area contributed by atoms with Crippen LogP contribution in [-0.4, -0.2) is 35.3 Å². The number of para-hydroxylation sites is 1. The molecular formula is C23H26ClFN4O. The standard InChI is InChI=1S/C23H25FN4O.ClH/c24-20-10-8-18(9-11-20)23-19(16-28(27-23)21-6-2-1-3-7-21)13-22(29)26-15-17-5-4-12-25-14-17;/h1-3,6-11,16-17,25H,4-5,12-15H2,(H,26,29);1H. The molecule has 1 aliphatic heterocycles. The van der Waals surface area contributed by atoms with E-state index >= 15 is 0 Å². The fourth-order valence-electron chi connectivity index (χ4n) is 3.69. The van der Waals surface area contributed by atoms with E-state index in [9.17, 15) is 9.18 Å². The zero-order chi connectivity index (χ0) is 20.1. The van der Waals surface area contributed by atoms with Gasteiger partial charge in [-0.05, 0) is 68.2 Å². The van der Waals surface area contributed by atoms with Gasteiger partial charge in [-0.3, -0.25) is 4.79 Å². The maximum Gasteiger partial charge on any atom is 0.224 e. The summed E-state index contributed by atoms with van der Waals surface area (Å²) < 4.78 is 15.1. The molecule has 158 valence electrons. The Balaban J connectivity index is 0.00000256. The lowest BCUT2D eigenvalue weighted by atomic mass is 9.99. The number of carbonyl (C=O) groups excluding carboxylic acids is 1. The van der Waals surface area contributed by atoms with Gasteiger partial charge in [-0.15, -0.1) is 12.4 Å². The van der Waals surface area contributed by atoms with E-state index in [4.69, 9.17) is 0 Å². The second-order valence-electron chi connectivity index (χ2n) is 7.48. The smallest absolute Gasteiger partial charge is 0.224 e. The normalized spacial score (nSPS) is 16.0. The van der Waals surface area contributed by atoms with Crippen LogP contribution >= 0.6 is 12.4 Å². The van der Waals surface area contributed by atoms with Crippen molar-refractivity contribution < 1.29 is 9.18 Å². The molecule has 3 aromatic rings. The molecular weight excluding hydrogens is 403 g/mol. The third-order valence-electron chi connectivity index (χ3n) is 5.27. The van der Waals surface area contributed by atoms with E-state index in [2.05, 4.69) is 15.7 Å². The summed E-state index contributed by atoms with van der Waals surface area (Å²) in [6.07, 6.45) is 4.41. The number of rotatable bonds is 6. The number of aromatic nitrogens is 2. The van der Waals surface area contributed by atoms with Gasteiger partial charge in [0.2, 0.25) is 5.91 Å². The topological polar surface area (TPSA) is 59.0 Å². The minimum Gasteiger partial charge on any atom is -0.355 e. The van der Waals surface area contributed by atoms with Crippen molar-refractivity contribution in [1.29, 1.82) is 0 Å². The summed E-state index contributed by atoms with van der Waals surface area (Å²) >= 11 is 0. The molecule has 0 aliphatic carbocycles. The summed E-state index contributed by atoms with van der Waals surface area (Å²) in [5.74, 6) is 0.166. The van der Waals surface area contributed by atoms with Crippen LogP contribution in [0.1, 0.15) is 18.4 Å². The van der Waals surface area contributed by atoms with E-state index in [1.807, 2.05) is 36.5 Å². The lowest BCUT2D eigenvalue weighted by Crippen LogP contribution is -2.38. The van der Waals surface area contributed by atoms with E-state index in [1.54, 1.807) is 16.8 Å². The van der Waals surface area contributed by atoms with E-state index < -0.39 is 0 Å². The van der Waals surface area contributed by atoms with Crippen LogP contribution in [0.4, 0.5) is 4.39 Å². The number of piperidine rings is 1. The van der Waals surface area contributed by atoms with Crippen molar-refractivity contribution in [3.05, 3.63) is 72.2 Å². The average Bonchev–Trinajstić information content (AvgIpc) is 3.18. The third-order valence-corrected chi connectivity index (χ3v) is 5.27. The van der Waals surface area contributed by atoms with Crippen molar-refractivity contribution in [1.82, 2.24) is 20.4 Å². The number of nitrogens with one attached hydrogen (secondary N) is 2. The molecule has 7 heteroatoms. The quantitative estimate of drug-likeness (QED) is 0.628. The van der Waals surface area contributed by atoms with Gasteiger partial charge in [-0.25, -0.2) is 9.07 Å². The van der Waals surface area contributed by atoms with Gasteiger partial charge < -0.3 is 10.6 Å². The minimum atomic E-state index is -0.295. The van der Waals surface area contributed by atoms with E-state index in [0.29, 0.717) is 18.2 Å².